The van der Waals surface area contributed by atoms with Gasteiger partial charge in [0.15, 0.2) is 4.90 Å². The average molecular weight is 455 g/mol. The van der Waals surface area contributed by atoms with Crippen molar-refractivity contribution in [2.24, 2.45) is 0 Å². The highest BCUT2D eigenvalue weighted by molar-refractivity contribution is 7.90. The number of carbonyl (C=O) groups is 1. The van der Waals surface area contributed by atoms with Crippen molar-refractivity contribution < 1.29 is 17.8 Å². The minimum absolute atomic E-state index is 0.0413. The van der Waals surface area contributed by atoms with Gasteiger partial charge in [0.05, 0.1) is 4.90 Å². The summed E-state index contributed by atoms with van der Waals surface area (Å²) in [6, 6.07) is 12.1. The summed E-state index contributed by atoms with van der Waals surface area (Å²) in [6.07, 6.45) is 3.61. The smallest absolute Gasteiger partial charge is 0.244 e. The predicted octanol–water partition coefficient (Wildman–Crippen LogP) is 2.94. The topological polar surface area (TPSA) is 89.5 Å². The number of sulfonamides is 1. The van der Waals surface area contributed by atoms with Crippen molar-refractivity contribution in [3.8, 4) is 0 Å². The summed E-state index contributed by atoms with van der Waals surface area (Å²) in [5.41, 5.74) is 0.716. The molecule has 2 aromatic rings. The molecule has 0 saturated carbocycles. The summed E-state index contributed by atoms with van der Waals surface area (Å²) in [7, 11) is -3.94. The van der Waals surface area contributed by atoms with Crippen LogP contribution in [0.3, 0.4) is 0 Å². The molecule has 1 fully saturated rings. The molecule has 6 nitrogen and oxygen atoms in total. The largest absolute Gasteiger partial charge is 0.612 e. The van der Waals surface area contributed by atoms with Gasteiger partial charge in [0.1, 0.15) is 12.3 Å². The fourth-order valence-electron chi connectivity index (χ4n) is 3.27. The number of hydrogen-bond acceptors (Lipinski definition) is 4. The fraction of sp³-hybridized carbons (Fsp3) is 0.350. The Morgan fingerprint density at radius 1 is 1.14 bits per heavy atom. The van der Waals surface area contributed by atoms with Gasteiger partial charge in [-0.1, -0.05) is 23.7 Å². The van der Waals surface area contributed by atoms with Gasteiger partial charge in [-0.25, -0.2) is 8.42 Å². The van der Waals surface area contributed by atoms with E-state index in [2.05, 4.69) is 5.32 Å². The number of halogens is 1. The highest BCUT2D eigenvalue weighted by Crippen LogP contribution is 2.26. The van der Waals surface area contributed by atoms with Crippen LogP contribution in [0.2, 0.25) is 5.02 Å². The first-order chi connectivity index (χ1) is 13.8. The Morgan fingerprint density at radius 2 is 1.79 bits per heavy atom. The SMILES string of the molecule is C[S+]([O-])c1ccc(CN([C@@H]2CCCCNC2=O)S(=O)(=O)c2ccc(Cl)cc2)cc1. The first-order valence-electron chi connectivity index (χ1n) is 9.26. The number of nitrogens with zero attached hydrogens (tertiary/aromatic N) is 1. The van der Waals surface area contributed by atoms with E-state index in [-0.39, 0.29) is 17.3 Å². The van der Waals surface area contributed by atoms with Crippen molar-refractivity contribution in [3.05, 3.63) is 59.1 Å². The zero-order valence-corrected chi connectivity index (χ0v) is 18.4. The van der Waals surface area contributed by atoms with Crippen molar-refractivity contribution in [3.63, 3.8) is 0 Å². The molecule has 9 heteroatoms. The maximum absolute atomic E-state index is 13.4. The van der Waals surface area contributed by atoms with Crippen LogP contribution in [-0.4, -0.2) is 42.0 Å². The number of benzene rings is 2. The predicted molar refractivity (Wildman–Crippen MR) is 114 cm³/mol. The Bertz CT molecular complexity index is 947. The first-order valence-corrected chi connectivity index (χ1v) is 12.6. The molecule has 156 valence electrons. The van der Waals surface area contributed by atoms with Crippen LogP contribution in [0.5, 0.6) is 0 Å². The van der Waals surface area contributed by atoms with Gasteiger partial charge in [0.25, 0.3) is 0 Å². The number of amides is 1. The molecule has 1 unspecified atom stereocenters. The monoisotopic (exact) mass is 454 g/mol. The zero-order chi connectivity index (χ0) is 21.0. The lowest BCUT2D eigenvalue weighted by atomic mass is 10.1. The Morgan fingerprint density at radius 3 is 2.41 bits per heavy atom. The van der Waals surface area contributed by atoms with Crippen molar-refractivity contribution in [2.75, 3.05) is 12.8 Å². The van der Waals surface area contributed by atoms with E-state index in [1.807, 2.05) is 0 Å². The van der Waals surface area contributed by atoms with Crippen LogP contribution >= 0.6 is 11.6 Å². The van der Waals surface area contributed by atoms with Crippen molar-refractivity contribution >= 4 is 38.7 Å². The highest BCUT2D eigenvalue weighted by atomic mass is 35.5. The minimum atomic E-state index is -3.94. The molecule has 0 aromatic heterocycles. The third kappa shape index (κ3) is 5.32. The lowest BCUT2D eigenvalue weighted by Gasteiger charge is -2.29. The first kappa shape index (κ1) is 22.1. The highest BCUT2D eigenvalue weighted by Gasteiger charge is 2.36. The van der Waals surface area contributed by atoms with E-state index in [1.165, 1.54) is 28.6 Å². The lowest BCUT2D eigenvalue weighted by molar-refractivity contribution is -0.124. The second-order valence-electron chi connectivity index (χ2n) is 6.90. The number of rotatable bonds is 6. The summed E-state index contributed by atoms with van der Waals surface area (Å²) < 4.78 is 39.7. The summed E-state index contributed by atoms with van der Waals surface area (Å²) in [5.74, 6) is -0.286. The molecule has 1 N–H and O–H groups in total. The van der Waals surface area contributed by atoms with E-state index in [9.17, 15) is 17.8 Å². The quantitative estimate of drug-likeness (QED) is 0.679. The van der Waals surface area contributed by atoms with E-state index >= 15 is 0 Å². The van der Waals surface area contributed by atoms with Crippen LogP contribution in [0.1, 0.15) is 24.8 Å². The molecule has 0 bridgehead atoms. The molecule has 3 rings (SSSR count). The Kier molecular flexibility index (Phi) is 7.23. The molecule has 1 aliphatic heterocycles. The van der Waals surface area contributed by atoms with E-state index < -0.39 is 27.2 Å². The second kappa shape index (κ2) is 9.49. The zero-order valence-electron chi connectivity index (χ0n) is 16.0. The van der Waals surface area contributed by atoms with Crippen LogP contribution < -0.4 is 5.32 Å². The number of nitrogens with one attached hydrogen (secondary N) is 1. The molecule has 29 heavy (non-hydrogen) atoms. The van der Waals surface area contributed by atoms with Gasteiger partial charge in [-0.2, -0.15) is 4.31 Å². The maximum Gasteiger partial charge on any atom is 0.244 e. The van der Waals surface area contributed by atoms with Crippen LogP contribution in [0, 0.1) is 0 Å². The van der Waals surface area contributed by atoms with Crippen LogP contribution in [-0.2, 0) is 32.5 Å². The van der Waals surface area contributed by atoms with Gasteiger partial charge in [-0.15, -0.1) is 0 Å². The van der Waals surface area contributed by atoms with E-state index in [0.717, 1.165) is 12.8 Å². The van der Waals surface area contributed by atoms with Gasteiger partial charge < -0.3 is 9.87 Å². The summed E-state index contributed by atoms with van der Waals surface area (Å²) in [5, 5.41) is 3.25. The third-order valence-corrected chi connectivity index (χ3v) is 7.92. The molecule has 2 atom stereocenters. The molecule has 2 aromatic carbocycles. The number of carbonyl (C=O) groups excluding carboxylic acids is 1. The van der Waals surface area contributed by atoms with Crippen molar-refractivity contribution in [1.29, 1.82) is 0 Å². The van der Waals surface area contributed by atoms with Gasteiger partial charge in [-0.05, 0) is 72.4 Å². The Labute approximate surface area is 179 Å². The van der Waals surface area contributed by atoms with Crippen molar-refractivity contribution in [2.45, 2.75) is 41.6 Å². The van der Waals surface area contributed by atoms with E-state index in [1.54, 1.807) is 30.5 Å². The molecule has 0 aliphatic carbocycles. The van der Waals surface area contributed by atoms with Gasteiger partial charge in [-0.3, -0.25) is 4.79 Å². The lowest BCUT2D eigenvalue weighted by Crippen LogP contribution is -2.48. The molecule has 0 radical (unpaired) electrons. The van der Waals surface area contributed by atoms with Crippen LogP contribution in [0.15, 0.2) is 58.3 Å². The Hall–Kier alpha value is -1.58. The normalized spacial score (nSPS) is 18.9. The average Bonchev–Trinajstić information content (AvgIpc) is 2.91. The van der Waals surface area contributed by atoms with E-state index in [0.29, 0.717) is 28.4 Å². The Balaban J connectivity index is 1.98. The molecule has 1 amide bonds. The second-order valence-corrected chi connectivity index (χ2v) is 10.6. The van der Waals surface area contributed by atoms with Gasteiger partial charge >= 0.3 is 0 Å². The maximum atomic E-state index is 13.4. The number of hydrogen-bond donors (Lipinski definition) is 1. The third-order valence-electron chi connectivity index (χ3n) is 4.87. The fourth-order valence-corrected chi connectivity index (χ4v) is 5.52. The summed E-state index contributed by atoms with van der Waals surface area (Å²) in [4.78, 5) is 13.4. The van der Waals surface area contributed by atoms with Gasteiger partial charge in [0.2, 0.25) is 15.9 Å². The molecule has 1 heterocycles. The molecule has 0 spiro atoms. The summed E-state index contributed by atoms with van der Waals surface area (Å²) in [6.45, 7) is 0.584. The van der Waals surface area contributed by atoms with Crippen LogP contribution in [0.4, 0.5) is 0 Å². The minimum Gasteiger partial charge on any atom is -0.612 e. The summed E-state index contributed by atoms with van der Waals surface area (Å²) >= 11 is 4.79. The van der Waals surface area contributed by atoms with E-state index in [4.69, 9.17) is 11.6 Å². The van der Waals surface area contributed by atoms with Gasteiger partial charge in [0, 0.05) is 18.1 Å². The molecular weight excluding hydrogens is 432 g/mol. The molecule has 1 aliphatic rings. The standard InChI is InChI=1S/C20H23ClN2O4S2/c1-28(25)17-9-5-15(6-10-17)14-23(19-4-2-3-13-22-20(19)24)29(26,27)18-11-7-16(21)8-12-18/h5-12,19H,2-4,13-14H2,1H3,(H,22,24)/t19-,28?/m1/s1. The van der Waals surface area contributed by atoms with Crippen molar-refractivity contribution in [1.82, 2.24) is 9.62 Å². The van der Waals surface area contributed by atoms with Crippen LogP contribution in [0.25, 0.3) is 0 Å². The molecule has 1 saturated heterocycles. The molecular formula is C20H23ClN2O4S2.